The number of carbonyl (C=O) groups excluding carboxylic acids is 1. The SMILES string of the molecule is CC(c1ccc(C(=O)NC(C)(C)C)cc1)[P+](c1ccccc1)(c1ccccc1)c1ccccc1. The Kier molecular flexibility index (Phi) is 7.00. The Labute approximate surface area is 204 Å². The summed E-state index contributed by atoms with van der Waals surface area (Å²) < 4.78 is 0. The van der Waals surface area contributed by atoms with Crippen LogP contribution in [0.25, 0.3) is 0 Å². The van der Waals surface area contributed by atoms with E-state index < -0.39 is 7.26 Å². The average Bonchev–Trinajstić information content (AvgIpc) is 2.85. The van der Waals surface area contributed by atoms with Crippen molar-refractivity contribution in [1.82, 2.24) is 5.32 Å². The third-order valence-corrected chi connectivity index (χ3v) is 11.0. The van der Waals surface area contributed by atoms with Crippen molar-refractivity contribution < 1.29 is 4.79 Å². The van der Waals surface area contributed by atoms with Crippen molar-refractivity contribution in [3.05, 3.63) is 126 Å². The topological polar surface area (TPSA) is 29.1 Å². The Morgan fingerprint density at radius 3 is 1.38 bits per heavy atom. The van der Waals surface area contributed by atoms with Crippen LogP contribution in [0.5, 0.6) is 0 Å². The lowest BCUT2D eigenvalue weighted by Crippen LogP contribution is -2.40. The van der Waals surface area contributed by atoms with Gasteiger partial charge in [-0.2, -0.15) is 0 Å². The number of nitrogens with one attached hydrogen (secondary N) is 1. The number of rotatable bonds is 6. The van der Waals surface area contributed by atoms with Gasteiger partial charge in [0.1, 0.15) is 28.8 Å². The van der Waals surface area contributed by atoms with Gasteiger partial charge in [-0.25, -0.2) is 0 Å². The zero-order valence-electron chi connectivity index (χ0n) is 20.4. The van der Waals surface area contributed by atoms with Gasteiger partial charge in [0.2, 0.25) is 0 Å². The number of hydrogen-bond acceptors (Lipinski definition) is 1. The van der Waals surface area contributed by atoms with Crippen LogP contribution in [0.15, 0.2) is 115 Å². The lowest BCUT2D eigenvalue weighted by Gasteiger charge is -2.33. The summed E-state index contributed by atoms with van der Waals surface area (Å²) in [6.45, 7) is 8.34. The van der Waals surface area contributed by atoms with Crippen molar-refractivity contribution in [3.8, 4) is 0 Å². The zero-order valence-corrected chi connectivity index (χ0v) is 21.3. The van der Waals surface area contributed by atoms with Crippen LogP contribution in [0.1, 0.15) is 49.3 Å². The standard InChI is InChI=1S/C31H32NOP/c1-24(25-20-22-26(23-21-25)30(33)32-31(2,3)4)34(27-14-8-5-9-15-27,28-16-10-6-11-17-28)29-18-12-7-13-19-29/h5-24H,1-4H3/p+1. The summed E-state index contributed by atoms with van der Waals surface area (Å²) in [7, 11) is -2.04. The molecule has 4 rings (SSSR count). The molecule has 1 atom stereocenters. The van der Waals surface area contributed by atoms with Gasteiger partial charge >= 0.3 is 0 Å². The van der Waals surface area contributed by atoms with E-state index in [2.05, 4.69) is 115 Å². The zero-order chi connectivity index (χ0) is 24.2. The Morgan fingerprint density at radius 2 is 1.03 bits per heavy atom. The molecule has 172 valence electrons. The molecule has 0 saturated heterocycles. The molecular formula is C31H33NOP+. The largest absolute Gasteiger partial charge is 0.347 e. The summed E-state index contributed by atoms with van der Waals surface area (Å²) in [5.74, 6) is -0.0399. The van der Waals surface area contributed by atoms with E-state index in [0.29, 0.717) is 5.56 Å². The van der Waals surface area contributed by atoms with Crippen molar-refractivity contribution in [1.29, 1.82) is 0 Å². The van der Waals surface area contributed by atoms with Crippen LogP contribution < -0.4 is 21.2 Å². The minimum Gasteiger partial charge on any atom is -0.347 e. The van der Waals surface area contributed by atoms with E-state index in [4.69, 9.17) is 0 Å². The summed E-state index contributed by atoms with van der Waals surface area (Å²) in [5.41, 5.74) is 1.88. The van der Waals surface area contributed by atoms with E-state index in [0.717, 1.165) is 0 Å². The average molecular weight is 467 g/mol. The monoisotopic (exact) mass is 466 g/mol. The van der Waals surface area contributed by atoms with Crippen LogP contribution in [0, 0.1) is 0 Å². The van der Waals surface area contributed by atoms with Crippen LogP contribution in [-0.2, 0) is 0 Å². The summed E-state index contributed by atoms with van der Waals surface area (Å²) in [5, 5.41) is 7.13. The maximum Gasteiger partial charge on any atom is 0.251 e. The molecule has 3 heteroatoms. The van der Waals surface area contributed by atoms with Crippen LogP contribution >= 0.6 is 7.26 Å². The molecular weight excluding hydrogens is 433 g/mol. The fourth-order valence-corrected chi connectivity index (χ4v) is 9.44. The summed E-state index contributed by atoms with van der Waals surface area (Å²) in [4.78, 5) is 12.7. The smallest absolute Gasteiger partial charge is 0.251 e. The van der Waals surface area contributed by atoms with Gasteiger partial charge in [-0.05, 0) is 81.8 Å². The van der Waals surface area contributed by atoms with E-state index >= 15 is 0 Å². The number of amides is 1. The van der Waals surface area contributed by atoms with Crippen LogP contribution in [0.3, 0.4) is 0 Å². The van der Waals surface area contributed by atoms with Gasteiger partial charge in [0.15, 0.2) is 0 Å². The van der Waals surface area contributed by atoms with Gasteiger partial charge in [-0.3, -0.25) is 4.79 Å². The van der Waals surface area contributed by atoms with E-state index in [1.807, 2.05) is 32.9 Å². The second kappa shape index (κ2) is 9.95. The molecule has 0 fully saturated rings. The molecule has 4 aromatic rings. The van der Waals surface area contributed by atoms with Gasteiger partial charge in [0, 0.05) is 11.1 Å². The Hall–Kier alpha value is -3.22. The minimum absolute atomic E-state index is 0.0399. The molecule has 0 spiro atoms. The molecule has 1 N–H and O–H groups in total. The first-order chi connectivity index (χ1) is 16.3. The first-order valence-electron chi connectivity index (χ1n) is 11.8. The molecule has 0 heterocycles. The summed E-state index contributed by atoms with van der Waals surface area (Å²) in [6.07, 6.45) is 0. The van der Waals surface area contributed by atoms with E-state index in [9.17, 15) is 4.79 Å². The van der Waals surface area contributed by atoms with Crippen molar-refractivity contribution in [2.45, 2.75) is 38.9 Å². The van der Waals surface area contributed by atoms with Gasteiger partial charge in [-0.15, -0.1) is 0 Å². The maximum atomic E-state index is 12.7. The number of benzene rings is 4. The summed E-state index contributed by atoms with van der Waals surface area (Å²) in [6, 6.07) is 40.9. The highest BCUT2D eigenvalue weighted by Gasteiger charge is 2.50. The predicted molar refractivity (Wildman–Crippen MR) is 147 cm³/mol. The molecule has 1 unspecified atom stereocenters. The Bertz CT molecular complexity index is 1120. The van der Waals surface area contributed by atoms with Gasteiger partial charge < -0.3 is 5.32 Å². The molecule has 0 aliphatic rings. The van der Waals surface area contributed by atoms with E-state index in [1.54, 1.807) is 0 Å². The Balaban J connectivity index is 1.87. The highest BCUT2D eigenvalue weighted by Crippen LogP contribution is 2.66. The lowest BCUT2D eigenvalue weighted by atomic mass is 10.1. The third kappa shape index (κ3) is 4.83. The maximum absolute atomic E-state index is 12.7. The fraction of sp³-hybridized carbons (Fsp3) is 0.194. The first kappa shape index (κ1) is 23.9. The van der Waals surface area contributed by atoms with Gasteiger partial charge in [0.05, 0.1) is 0 Å². The molecule has 0 aliphatic carbocycles. The highest BCUT2D eigenvalue weighted by molar-refractivity contribution is 7.95. The molecule has 2 nitrogen and oxygen atoms in total. The van der Waals surface area contributed by atoms with Crippen LogP contribution in [-0.4, -0.2) is 11.4 Å². The number of carbonyl (C=O) groups is 1. The van der Waals surface area contributed by atoms with Crippen molar-refractivity contribution in [2.24, 2.45) is 0 Å². The molecule has 0 saturated carbocycles. The van der Waals surface area contributed by atoms with Crippen LogP contribution in [0.4, 0.5) is 0 Å². The van der Waals surface area contributed by atoms with Crippen molar-refractivity contribution in [2.75, 3.05) is 0 Å². The second-order valence-electron chi connectivity index (χ2n) is 9.73. The summed E-state index contributed by atoms with van der Waals surface area (Å²) >= 11 is 0. The second-order valence-corrected chi connectivity index (χ2v) is 13.5. The van der Waals surface area contributed by atoms with Crippen molar-refractivity contribution >= 4 is 29.1 Å². The van der Waals surface area contributed by atoms with Gasteiger partial charge in [-0.1, -0.05) is 66.7 Å². The molecule has 34 heavy (non-hydrogen) atoms. The highest BCUT2D eigenvalue weighted by atomic mass is 31.2. The molecule has 4 aromatic carbocycles. The third-order valence-electron chi connectivity index (χ3n) is 6.22. The number of hydrogen-bond donors (Lipinski definition) is 1. The van der Waals surface area contributed by atoms with E-state index in [-0.39, 0.29) is 17.1 Å². The van der Waals surface area contributed by atoms with Crippen molar-refractivity contribution in [3.63, 3.8) is 0 Å². The Morgan fingerprint density at radius 1 is 0.647 bits per heavy atom. The first-order valence-corrected chi connectivity index (χ1v) is 13.7. The lowest BCUT2D eigenvalue weighted by molar-refractivity contribution is 0.0919. The predicted octanol–water partition coefficient (Wildman–Crippen LogP) is 6.27. The van der Waals surface area contributed by atoms with E-state index in [1.165, 1.54) is 21.5 Å². The van der Waals surface area contributed by atoms with Gasteiger partial charge in [0.25, 0.3) is 5.91 Å². The molecule has 0 aromatic heterocycles. The molecule has 0 aliphatic heterocycles. The van der Waals surface area contributed by atoms with Crippen LogP contribution in [0.2, 0.25) is 0 Å². The normalized spacial score (nSPS) is 12.7. The molecule has 1 amide bonds. The fourth-order valence-electron chi connectivity index (χ4n) is 4.66. The molecule has 0 bridgehead atoms. The quantitative estimate of drug-likeness (QED) is 0.334. The minimum atomic E-state index is -2.04. The molecule has 0 radical (unpaired) electrons.